The molecule has 0 spiro atoms. The summed E-state index contributed by atoms with van der Waals surface area (Å²) in [6.07, 6.45) is 3.88. The lowest BCUT2D eigenvalue weighted by Gasteiger charge is -2.18. The highest BCUT2D eigenvalue weighted by Gasteiger charge is 2.03. The van der Waals surface area contributed by atoms with Crippen LogP contribution in [0.4, 0.5) is 5.69 Å². The third kappa shape index (κ3) is 5.21. The summed E-state index contributed by atoms with van der Waals surface area (Å²) in [5, 5.41) is 1.40. The highest BCUT2D eigenvalue weighted by Crippen LogP contribution is 2.17. The number of carbonyl (C=O) groups is 1. The van der Waals surface area contributed by atoms with E-state index >= 15 is 0 Å². The van der Waals surface area contributed by atoms with E-state index in [0.717, 1.165) is 11.3 Å². The largest absolute Gasteiger partial charge is 0.374 e. The van der Waals surface area contributed by atoms with Gasteiger partial charge in [-0.1, -0.05) is 41.4 Å². The molecule has 0 unspecified atom stereocenters. The molecule has 0 heterocycles. The molecule has 0 aliphatic carbocycles. The van der Waals surface area contributed by atoms with E-state index in [9.17, 15) is 4.79 Å². The Kier molecular flexibility index (Phi) is 6.05. The number of hydrogen-bond acceptors (Lipinski definition) is 2. The molecule has 0 saturated heterocycles. The zero-order chi connectivity index (χ0) is 15.9. The Morgan fingerprint density at radius 2 is 1.55 bits per heavy atom. The molecule has 0 aliphatic heterocycles. The number of halogens is 2. The van der Waals surface area contributed by atoms with Crippen LogP contribution in [0.5, 0.6) is 0 Å². The number of nitrogens with zero attached hydrogens (tertiary/aromatic N) is 1. The minimum absolute atomic E-state index is 0.0933. The molecule has 0 aliphatic rings. The summed E-state index contributed by atoms with van der Waals surface area (Å²) in [5.74, 6) is 0.0933. The normalized spacial score (nSPS) is 10.9. The van der Waals surface area contributed by atoms with E-state index in [-0.39, 0.29) is 5.78 Å². The Balaban J connectivity index is 1.84. The molecule has 0 radical (unpaired) electrons. The first kappa shape index (κ1) is 16.6. The van der Waals surface area contributed by atoms with Crippen molar-refractivity contribution in [3.05, 3.63) is 70.2 Å². The average Bonchev–Trinajstić information content (AvgIpc) is 2.52. The maximum Gasteiger partial charge on any atom is 0.157 e. The van der Waals surface area contributed by atoms with Crippen molar-refractivity contribution >= 4 is 40.7 Å². The Bertz CT molecular complexity index is 648. The van der Waals surface area contributed by atoms with Gasteiger partial charge in [-0.05, 0) is 48.0 Å². The van der Waals surface area contributed by atoms with Crippen LogP contribution >= 0.6 is 23.2 Å². The van der Waals surface area contributed by atoms with Crippen LogP contribution in [-0.4, -0.2) is 19.4 Å². The van der Waals surface area contributed by atoms with Gasteiger partial charge in [0.2, 0.25) is 0 Å². The third-order valence-corrected chi connectivity index (χ3v) is 3.80. The number of rotatable bonds is 6. The van der Waals surface area contributed by atoms with E-state index in [1.54, 1.807) is 24.3 Å². The first-order chi connectivity index (χ1) is 10.5. The van der Waals surface area contributed by atoms with Gasteiger partial charge in [0.15, 0.2) is 5.78 Å². The number of benzene rings is 2. The zero-order valence-corrected chi connectivity index (χ0v) is 13.8. The number of allylic oxidation sites excluding steroid dienone is 1. The summed E-state index contributed by atoms with van der Waals surface area (Å²) in [7, 11) is 1.96. The van der Waals surface area contributed by atoms with Crippen molar-refractivity contribution in [2.24, 2.45) is 0 Å². The second-order valence-electron chi connectivity index (χ2n) is 5.00. The van der Waals surface area contributed by atoms with Crippen LogP contribution in [0.25, 0.3) is 6.08 Å². The predicted molar refractivity (Wildman–Crippen MR) is 94.8 cm³/mol. The summed E-state index contributed by atoms with van der Waals surface area (Å²) in [6.45, 7) is 0.658. The summed E-state index contributed by atoms with van der Waals surface area (Å²) in [4.78, 5) is 13.9. The van der Waals surface area contributed by atoms with E-state index in [4.69, 9.17) is 23.2 Å². The number of ketones is 1. The van der Waals surface area contributed by atoms with E-state index < -0.39 is 0 Å². The van der Waals surface area contributed by atoms with Crippen LogP contribution in [0.3, 0.4) is 0 Å². The SMILES string of the molecule is CN(CCC(=O)/C=C/c1ccc(Cl)cc1)c1ccc(Cl)cc1. The van der Waals surface area contributed by atoms with E-state index in [1.165, 1.54) is 0 Å². The molecule has 0 amide bonds. The van der Waals surface area contributed by atoms with Gasteiger partial charge in [-0.25, -0.2) is 0 Å². The molecular weight excluding hydrogens is 317 g/mol. The summed E-state index contributed by atoms with van der Waals surface area (Å²) in [6, 6.07) is 14.9. The van der Waals surface area contributed by atoms with Crippen molar-refractivity contribution in [3.8, 4) is 0 Å². The number of carbonyl (C=O) groups excluding carboxylic acids is 1. The molecule has 0 bridgehead atoms. The minimum atomic E-state index is 0.0933. The van der Waals surface area contributed by atoms with E-state index in [2.05, 4.69) is 0 Å². The topological polar surface area (TPSA) is 20.3 Å². The maximum atomic E-state index is 11.9. The fraction of sp³-hybridized carbons (Fsp3) is 0.167. The van der Waals surface area contributed by atoms with E-state index in [1.807, 2.05) is 48.3 Å². The van der Waals surface area contributed by atoms with Crippen molar-refractivity contribution in [2.45, 2.75) is 6.42 Å². The Labute approximate surface area is 141 Å². The van der Waals surface area contributed by atoms with Crippen LogP contribution in [0, 0.1) is 0 Å². The molecule has 0 fully saturated rings. The van der Waals surface area contributed by atoms with Gasteiger partial charge in [0.1, 0.15) is 0 Å². The van der Waals surface area contributed by atoms with Crippen LogP contribution in [0.15, 0.2) is 54.6 Å². The lowest BCUT2D eigenvalue weighted by Crippen LogP contribution is -2.20. The monoisotopic (exact) mass is 333 g/mol. The van der Waals surface area contributed by atoms with Gasteiger partial charge in [-0.15, -0.1) is 0 Å². The second-order valence-corrected chi connectivity index (χ2v) is 5.87. The lowest BCUT2D eigenvalue weighted by molar-refractivity contribution is -0.114. The van der Waals surface area contributed by atoms with Gasteiger partial charge in [0.05, 0.1) is 0 Å². The van der Waals surface area contributed by atoms with Crippen molar-refractivity contribution < 1.29 is 4.79 Å². The van der Waals surface area contributed by atoms with Gasteiger partial charge in [0.25, 0.3) is 0 Å². The molecule has 0 N–H and O–H groups in total. The molecule has 2 nitrogen and oxygen atoms in total. The second kappa shape index (κ2) is 8.02. The summed E-state index contributed by atoms with van der Waals surface area (Å²) < 4.78 is 0. The van der Waals surface area contributed by atoms with Gasteiger partial charge in [-0.3, -0.25) is 4.79 Å². The maximum absolute atomic E-state index is 11.9. The molecule has 114 valence electrons. The predicted octanol–water partition coefficient (Wildman–Crippen LogP) is 5.10. The minimum Gasteiger partial charge on any atom is -0.374 e. The lowest BCUT2D eigenvalue weighted by atomic mass is 10.1. The Hall–Kier alpha value is -1.77. The van der Waals surface area contributed by atoms with Crippen molar-refractivity contribution in [1.82, 2.24) is 0 Å². The smallest absolute Gasteiger partial charge is 0.157 e. The van der Waals surface area contributed by atoms with E-state index in [0.29, 0.717) is 23.0 Å². The Morgan fingerprint density at radius 1 is 1.00 bits per heavy atom. The van der Waals surface area contributed by atoms with Crippen molar-refractivity contribution in [3.63, 3.8) is 0 Å². The molecule has 0 saturated carbocycles. The highest BCUT2D eigenvalue weighted by molar-refractivity contribution is 6.30. The molecule has 2 rings (SSSR count). The molecule has 0 aromatic heterocycles. The standard InChI is InChI=1S/C18H17Cl2NO/c1-21(17-9-7-16(20)8-10-17)13-12-18(22)11-4-14-2-5-15(19)6-3-14/h2-11H,12-13H2,1H3/b11-4+. The highest BCUT2D eigenvalue weighted by atomic mass is 35.5. The fourth-order valence-electron chi connectivity index (χ4n) is 1.95. The summed E-state index contributed by atoms with van der Waals surface area (Å²) >= 11 is 11.7. The van der Waals surface area contributed by atoms with Crippen molar-refractivity contribution in [1.29, 1.82) is 0 Å². The van der Waals surface area contributed by atoms with Gasteiger partial charge < -0.3 is 4.90 Å². The molecule has 4 heteroatoms. The average molecular weight is 334 g/mol. The molecular formula is C18H17Cl2NO. The summed E-state index contributed by atoms with van der Waals surface area (Å²) in [5.41, 5.74) is 2.00. The van der Waals surface area contributed by atoms with Gasteiger partial charge in [0, 0.05) is 35.7 Å². The number of hydrogen-bond donors (Lipinski definition) is 0. The van der Waals surface area contributed by atoms with Crippen LogP contribution in [0.2, 0.25) is 10.0 Å². The molecule has 2 aromatic carbocycles. The van der Waals surface area contributed by atoms with Crippen LogP contribution < -0.4 is 4.90 Å². The van der Waals surface area contributed by atoms with Crippen LogP contribution in [-0.2, 0) is 4.79 Å². The first-order valence-electron chi connectivity index (χ1n) is 6.98. The van der Waals surface area contributed by atoms with Gasteiger partial charge in [-0.2, -0.15) is 0 Å². The Morgan fingerprint density at radius 3 is 2.14 bits per heavy atom. The molecule has 0 atom stereocenters. The molecule has 22 heavy (non-hydrogen) atoms. The van der Waals surface area contributed by atoms with Crippen molar-refractivity contribution in [2.75, 3.05) is 18.5 Å². The number of anilines is 1. The van der Waals surface area contributed by atoms with Gasteiger partial charge >= 0.3 is 0 Å². The molecule has 2 aromatic rings. The van der Waals surface area contributed by atoms with Crippen LogP contribution in [0.1, 0.15) is 12.0 Å². The fourth-order valence-corrected chi connectivity index (χ4v) is 2.20. The third-order valence-electron chi connectivity index (χ3n) is 3.29. The zero-order valence-electron chi connectivity index (χ0n) is 12.3. The quantitative estimate of drug-likeness (QED) is 0.685. The first-order valence-corrected chi connectivity index (χ1v) is 7.73.